The van der Waals surface area contributed by atoms with Gasteiger partial charge in [-0.3, -0.25) is 4.79 Å². The third-order valence-electron chi connectivity index (χ3n) is 5.25. The summed E-state index contributed by atoms with van der Waals surface area (Å²) >= 11 is 0. The molecule has 2 aliphatic rings. The van der Waals surface area contributed by atoms with Gasteiger partial charge in [0.25, 0.3) is 0 Å². The largest absolute Gasteiger partial charge is 0.341 e. The van der Waals surface area contributed by atoms with Gasteiger partial charge in [-0.05, 0) is 36.3 Å². The number of nitrogens with zero attached hydrogens (tertiary/aromatic N) is 3. The molecule has 3 heterocycles. The number of benzene rings is 1. The van der Waals surface area contributed by atoms with Crippen LogP contribution in [-0.4, -0.2) is 40.1 Å². The maximum atomic E-state index is 13.0. The van der Waals surface area contributed by atoms with Crippen LogP contribution in [0.1, 0.15) is 35.7 Å². The molecule has 0 saturated carbocycles. The van der Waals surface area contributed by atoms with E-state index >= 15 is 0 Å². The van der Waals surface area contributed by atoms with Crippen molar-refractivity contribution in [1.29, 1.82) is 0 Å². The SMILES string of the molecule is Cc1nc(C[C@H]2CCCN(C(=O)[C@H]3Cc4ccccc4CN3)C2)no1. The minimum atomic E-state index is -0.110. The third kappa shape index (κ3) is 3.58. The highest BCUT2D eigenvalue weighted by Crippen LogP contribution is 2.23. The van der Waals surface area contributed by atoms with E-state index in [-0.39, 0.29) is 11.9 Å². The van der Waals surface area contributed by atoms with E-state index in [1.165, 1.54) is 11.1 Å². The predicted octanol–water partition coefficient (Wildman–Crippen LogP) is 1.87. The highest BCUT2D eigenvalue weighted by Gasteiger charge is 2.31. The Morgan fingerprint density at radius 3 is 3.00 bits per heavy atom. The van der Waals surface area contributed by atoms with Crippen LogP contribution in [0.25, 0.3) is 0 Å². The second kappa shape index (κ2) is 6.96. The lowest BCUT2D eigenvalue weighted by Gasteiger charge is -2.36. The Bertz CT molecular complexity index is 757. The van der Waals surface area contributed by atoms with Gasteiger partial charge in [0.05, 0.1) is 6.04 Å². The summed E-state index contributed by atoms with van der Waals surface area (Å²) in [6.45, 7) is 4.21. The highest BCUT2D eigenvalue weighted by molar-refractivity contribution is 5.82. The fourth-order valence-electron chi connectivity index (χ4n) is 3.96. The van der Waals surface area contributed by atoms with E-state index in [4.69, 9.17) is 4.52 Å². The maximum Gasteiger partial charge on any atom is 0.240 e. The molecule has 1 fully saturated rings. The molecule has 1 N–H and O–H groups in total. The van der Waals surface area contributed by atoms with Crippen LogP contribution in [0.3, 0.4) is 0 Å². The maximum absolute atomic E-state index is 13.0. The number of rotatable bonds is 3. The predicted molar refractivity (Wildman–Crippen MR) is 92.8 cm³/mol. The Labute approximate surface area is 147 Å². The van der Waals surface area contributed by atoms with E-state index in [0.717, 1.165) is 51.1 Å². The zero-order valence-corrected chi connectivity index (χ0v) is 14.6. The van der Waals surface area contributed by atoms with Crippen molar-refractivity contribution >= 4 is 5.91 Å². The van der Waals surface area contributed by atoms with Crippen LogP contribution in [-0.2, 0) is 24.2 Å². The van der Waals surface area contributed by atoms with Crippen LogP contribution in [0.15, 0.2) is 28.8 Å². The van der Waals surface area contributed by atoms with Gasteiger partial charge in [0, 0.05) is 33.0 Å². The number of hydrogen-bond donors (Lipinski definition) is 1. The van der Waals surface area contributed by atoms with Crippen molar-refractivity contribution in [1.82, 2.24) is 20.4 Å². The summed E-state index contributed by atoms with van der Waals surface area (Å²) in [5.41, 5.74) is 2.59. The molecule has 0 bridgehead atoms. The number of carbonyl (C=O) groups is 1. The minimum Gasteiger partial charge on any atom is -0.341 e. The standard InChI is InChI=1S/C19H24N4O2/c1-13-21-18(22-25-13)9-14-5-4-8-23(12-14)19(24)17-10-15-6-2-3-7-16(15)11-20-17/h2-3,6-7,14,17,20H,4-5,8-12H2,1H3/t14-,17-/m1/s1. The van der Waals surface area contributed by atoms with E-state index in [2.05, 4.69) is 39.7 Å². The quantitative estimate of drug-likeness (QED) is 0.924. The first-order chi connectivity index (χ1) is 12.2. The molecule has 25 heavy (non-hydrogen) atoms. The van der Waals surface area contributed by atoms with E-state index in [9.17, 15) is 4.79 Å². The lowest BCUT2D eigenvalue weighted by Crippen LogP contribution is -2.52. The number of amides is 1. The lowest BCUT2D eigenvalue weighted by atomic mass is 9.92. The summed E-state index contributed by atoms with van der Waals surface area (Å²) in [6.07, 6.45) is 3.71. The van der Waals surface area contributed by atoms with E-state index in [0.29, 0.717) is 11.8 Å². The fourth-order valence-corrected chi connectivity index (χ4v) is 3.96. The number of carbonyl (C=O) groups excluding carboxylic acids is 1. The fraction of sp³-hybridized carbons (Fsp3) is 0.526. The summed E-state index contributed by atoms with van der Waals surface area (Å²) < 4.78 is 5.06. The zero-order chi connectivity index (χ0) is 17.2. The lowest BCUT2D eigenvalue weighted by molar-refractivity contribution is -0.135. The van der Waals surface area contributed by atoms with Crippen LogP contribution in [0.2, 0.25) is 0 Å². The first-order valence-electron chi connectivity index (χ1n) is 9.07. The Balaban J connectivity index is 1.38. The number of hydrogen-bond acceptors (Lipinski definition) is 5. The van der Waals surface area contributed by atoms with Crippen LogP contribution in [0, 0.1) is 12.8 Å². The summed E-state index contributed by atoms with van der Waals surface area (Å²) in [7, 11) is 0. The topological polar surface area (TPSA) is 71.3 Å². The summed E-state index contributed by atoms with van der Waals surface area (Å²) in [6, 6.07) is 8.26. The molecule has 6 nitrogen and oxygen atoms in total. The molecule has 1 amide bonds. The molecule has 1 aromatic carbocycles. The second-order valence-electron chi connectivity index (χ2n) is 7.13. The monoisotopic (exact) mass is 340 g/mol. The van der Waals surface area contributed by atoms with Crippen molar-refractivity contribution < 1.29 is 9.32 Å². The van der Waals surface area contributed by atoms with Crippen molar-refractivity contribution in [2.24, 2.45) is 5.92 Å². The molecular formula is C19H24N4O2. The molecule has 0 unspecified atom stereocenters. The van der Waals surface area contributed by atoms with Gasteiger partial charge in [-0.25, -0.2) is 0 Å². The van der Waals surface area contributed by atoms with Crippen LogP contribution in [0.5, 0.6) is 0 Å². The van der Waals surface area contributed by atoms with Gasteiger partial charge >= 0.3 is 0 Å². The van der Waals surface area contributed by atoms with Gasteiger partial charge in [-0.1, -0.05) is 29.4 Å². The molecule has 6 heteroatoms. The van der Waals surface area contributed by atoms with Crippen LogP contribution >= 0.6 is 0 Å². The number of piperidine rings is 1. The summed E-state index contributed by atoms with van der Waals surface area (Å²) in [5.74, 6) is 1.99. The van der Waals surface area contributed by atoms with E-state index < -0.39 is 0 Å². The van der Waals surface area contributed by atoms with Gasteiger partial charge in [0.1, 0.15) is 0 Å². The van der Waals surface area contributed by atoms with Crippen molar-refractivity contribution in [2.45, 2.75) is 45.2 Å². The van der Waals surface area contributed by atoms with Crippen molar-refractivity contribution in [3.63, 3.8) is 0 Å². The molecule has 0 spiro atoms. The van der Waals surface area contributed by atoms with Gasteiger partial charge in [-0.15, -0.1) is 0 Å². The molecule has 1 saturated heterocycles. The van der Waals surface area contributed by atoms with Crippen molar-refractivity contribution in [2.75, 3.05) is 13.1 Å². The molecule has 4 rings (SSSR count). The average molecular weight is 340 g/mol. The molecule has 1 aromatic heterocycles. The Hall–Kier alpha value is -2.21. The number of fused-ring (bicyclic) bond motifs is 1. The number of nitrogens with one attached hydrogen (secondary N) is 1. The average Bonchev–Trinajstić information content (AvgIpc) is 3.05. The Morgan fingerprint density at radius 1 is 1.36 bits per heavy atom. The van der Waals surface area contributed by atoms with E-state index in [1.54, 1.807) is 6.92 Å². The molecule has 132 valence electrons. The Kier molecular flexibility index (Phi) is 4.53. The van der Waals surface area contributed by atoms with E-state index in [1.807, 2.05) is 4.90 Å². The molecule has 2 aliphatic heterocycles. The van der Waals surface area contributed by atoms with Crippen molar-refractivity contribution in [3.8, 4) is 0 Å². The Morgan fingerprint density at radius 2 is 2.20 bits per heavy atom. The number of aromatic nitrogens is 2. The zero-order valence-electron chi connectivity index (χ0n) is 14.6. The van der Waals surface area contributed by atoms with Crippen LogP contribution < -0.4 is 5.32 Å². The number of aryl methyl sites for hydroxylation is 1. The molecule has 0 aliphatic carbocycles. The third-order valence-corrected chi connectivity index (χ3v) is 5.25. The molecule has 2 aromatic rings. The summed E-state index contributed by atoms with van der Waals surface area (Å²) in [4.78, 5) is 19.3. The second-order valence-corrected chi connectivity index (χ2v) is 7.13. The number of likely N-dealkylation sites (tertiary alicyclic amines) is 1. The minimum absolute atomic E-state index is 0.110. The smallest absolute Gasteiger partial charge is 0.240 e. The van der Waals surface area contributed by atoms with Gasteiger partial charge in [-0.2, -0.15) is 4.98 Å². The normalized spacial score (nSPS) is 23.3. The molecule has 2 atom stereocenters. The molecular weight excluding hydrogens is 316 g/mol. The van der Waals surface area contributed by atoms with Crippen LogP contribution in [0.4, 0.5) is 0 Å². The summed E-state index contributed by atoms with van der Waals surface area (Å²) in [5, 5.41) is 7.40. The van der Waals surface area contributed by atoms with Gasteiger partial charge in [0.15, 0.2) is 5.82 Å². The van der Waals surface area contributed by atoms with Crippen molar-refractivity contribution in [3.05, 3.63) is 47.1 Å². The molecule has 0 radical (unpaired) electrons. The van der Waals surface area contributed by atoms with Gasteiger partial charge in [0.2, 0.25) is 11.8 Å². The first kappa shape index (κ1) is 16.3. The van der Waals surface area contributed by atoms with Gasteiger partial charge < -0.3 is 14.7 Å². The highest BCUT2D eigenvalue weighted by atomic mass is 16.5. The first-order valence-corrected chi connectivity index (χ1v) is 9.07.